The molecule has 0 aromatic carbocycles. The Morgan fingerprint density at radius 2 is 2.29 bits per heavy atom. The fraction of sp³-hybridized carbons (Fsp3) is 0.333. The van der Waals surface area contributed by atoms with Crippen molar-refractivity contribution in [3.63, 3.8) is 0 Å². The van der Waals surface area contributed by atoms with Gasteiger partial charge in [0.2, 0.25) is 0 Å². The molecule has 0 bridgehead atoms. The normalized spacial score (nSPS) is 12.6. The summed E-state index contributed by atoms with van der Waals surface area (Å²) < 4.78 is 0. The Kier molecular flexibility index (Phi) is 4.90. The molecule has 92 valence electrons. The number of rotatable bonds is 5. The maximum absolute atomic E-state index is 11.8. The van der Waals surface area contributed by atoms with Crippen molar-refractivity contribution in [2.24, 2.45) is 0 Å². The number of carboxylic acid groups (broad SMARTS) is 1. The first kappa shape index (κ1) is 13.4. The highest BCUT2D eigenvalue weighted by molar-refractivity contribution is 7.12. The van der Waals surface area contributed by atoms with Crippen molar-refractivity contribution in [3.05, 3.63) is 34.0 Å². The highest BCUT2D eigenvalue weighted by Crippen LogP contribution is 2.15. The first-order valence-electron chi connectivity index (χ1n) is 5.25. The number of aliphatic carboxylic acids is 1. The molecule has 0 aliphatic heterocycles. The molecule has 1 unspecified atom stereocenters. The Morgan fingerprint density at radius 1 is 1.59 bits per heavy atom. The summed E-state index contributed by atoms with van der Waals surface area (Å²) in [5.74, 6) is -1.35. The minimum atomic E-state index is -1.02. The van der Waals surface area contributed by atoms with Crippen molar-refractivity contribution in [1.82, 2.24) is 5.32 Å². The summed E-state index contributed by atoms with van der Waals surface area (Å²) in [6.07, 6.45) is 3.78. The molecule has 1 aromatic heterocycles. The summed E-state index contributed by atoms with van der Waals surface area (Å²) >= 11 is 1.31. The van der Waals surface area contributed by atoms with Crippen LogP contribution in [0.25, 0.3) is 0 Å². The number of hydrogen-bond donors (Lipinski definition) is 2. The molecule has 1 rings (SSSR count). The average Bonchev–Trinajstić information content (AvgIpc) is 2.70. The number of allylic oxidation sites excluding steroid dienone is 1. The lowest BCUT2D eigenvalue weighted by Gasteiger charge is -2.12. The maximum Gasteiger partial charge on any atom is 0.326 e. The van der Waals surface area contributed by atoms with Gasteiger partial charge in [0.05, 0.1) is 4.88 Å². The van der Waals surface area contributed by atoms with Gasteiger partial charge in [0, 0.05) is 0 Å². The predicted molar refractivity (Wildman–Crippen MR) is 67.4 cm³/mol. The molecular formula is C12H15NO3S. The van der Waals surface area contributed by atoms with Crippen molar-refractivity contribution < 1.29 is 14.7 Å². The second-order valence-corrected chi connectivity index (χ2v) is 4.52. The summed E-state index contributed by atoms with van der Waals surface area (Å²) in [6, 6.07) is 0.960. The smallest absolute Gasteiger partial charge is 0.326 e. The molecule has 0 aliphatic carbocycles. The summed E-state index contributed by atoms with van der Waals surface area (Å²) in [6.45, 7) is 3.64. The molecule has 1 atom stereocenters. The van der Waals surface area contributed by atoms with E-state index in [9.17, 15) is 9.59 Å². The molecule has 0 saturated carbocycles. The number of hydrogen-bond acceptors (Lipinski definition) is 3. The van der Waals surface area contributed by atoms with E-state index in [1.54, 1.807) is 12.2 Å². The second-order valence-electron chi connectivity index (χ2n) is 3.60. The largest absolute Gasteiger partial charge is 0.480 e. The van der Waals surface area contributed by atoms with Crippen LogP contribution in [0, 0.1) is 6.92 Å². The van der Waals surface area contributed by atoms with Gasteiger partial charge in [-0.2, -0.15) is 0 Å². The first-order valence-corrected chi connectivity index (χ1v) is 6.13. The van der Waals surface area contributed by atoms with Gasteiger partial charge in [-0.05, 0) is 37.3 Å². The third-order valence-corrected chi connectivity index (χ3v) is 3.29. The molecular weight excluding hydrogens is 238 g/mol. The second kappa shape index (κ2) is 6.20. The minimum absolute atomic E-state index is 0.294. The highest BCUT2D eigenvalue weighted by Gasteiger charge is 2.20. The van der Waals surface area contributed by atoms with E-state index in [4.69, 9.17) is 5.11 Å². The number of carboxylic acids is 1. The SMILES string of the molecule is C/C=C/CC(NC(=O)c1sccc1C)C(=O)O. The molecule has 4 nitrogen and oxygen atoms in total. The van der Waals surface area contributed by atoms with Crippen LogP contribution in [0.3, 0.4) is 0 Å². The van der Waals surface area contributed by atoms with E-state index in [-0.39, 0.29) is 5.91 Å². The Labute approximate surface area is 104 Å². The van der Waals surface area contributed by atoms with E-state index in [1.807, 2.05) is 25.3 Å². The lowest BCUT2D eigenvalue weighted by molar-refractivity contribution is -0.139. The third kappa shape index (κ3) is 3.71. The number of thiophene rings is 1. The van der Waals surface area contributed by atoms with Crippen LogP contribution in [0.1, 0.15) is 28.6 Å². The van der Waals surface area contributed by atoms with Gasteiger partial charge in [0.1, 0.15) is 6.04 Å². The minimum Gasteiger partial charge on any atom is -0.480 e. The molecule has 2 N–H and O–H groups in total. The Bertz CT molecular complexity index is 437. The van der Waals surface area contributed by atoms with Crippen molar-refractivity contribution in [2.45, 2.75) is 26.3 Å². The number of nitrogens with one attached hydrogen (secondary N) is 1. The van der Waals surface area contributed by atoms with E-state index in [1.165, 1.54) is 11.3 Å². The lowest BCUT2D eigenvalue weighted by Crippen LogP contribution is -2.40. The van der Waals surface area contributed by atoms with E-state index in [2.05, 4.69) is 5.32 Å². The van der Waals surface area contributed by atoms with Gasteiger partial charge in [-0.1, -0.05) is 12.2 Å². The molecule has 1 heterocycles. The Morgan fingerprint density at radius 3 is 2.76 bits per heavy atom. The van der Waals surface area contributed by atoms with Gasteiger partial charge in [-0.25, -0.2) is 4.79 Å². The molecule has 1 amide bonds. The van der Waals surface area contributed by atoms with Crippen LogP contribution in [0.5, 0.6) is 0 Å². The van der Waals surface area contributed by atoms with Crippen molar-refractivity contribution in [3.8, 4) is 0 Å². The van der Waals surface area contributed by atoms with Crippen LogP contribution < -0.4 is 5.32 Å². The maximum atomic E-state index is 11.8. The van der Waals surface area contributed by atoms with Gasteiger partial charge in [0.15, 0.2) is 0 Å². The zero-order valence-electron chi connectivity index (χ0n) is 9.77. The zero-order chi connectivity index (χ0) is 12.8. The van der Waals surface area contributed by atoms with E-state index >= 15 is 0 Å². The summed E-state index contributed by atoms with van der Waals surface area (Å²) in [4.78, 5) is 23.3. The quantitative estimate of drug-likeness (QED) is 0.791. The Hall–Kier alpha value is -1.62. The van der Waals surface area contributed by atoms with Crippen molar-refractivity contribution >= 4 is 23.2 Å². The van der Waals surface area contributed by atoms with Gasteiger partial charge < -0.3 is 10.4 Å². The van der Waals surface area contributed by atoms with Gasteiger partial charge in [-0.3, -0.25) is 4.79 Å². The predicted octanol–water partition coefficient (Wildman–Crippen LogP) is 2.21. The van der Waals surface area contributed by atoms with Gasteiger partial charge >= 0.3 is 5.97 Å². The van der Waals surface area contributed by atoms with E-state index in [0.717, 1.165) is 5.56 Å². The van der Waals surface area contributed by atoms with Crippen LogP contribution in [-0.2, 0) is 4.79 Å². The van der Waals surface area contributed by atoms with E-state index < -0.39 is 12.0 Å². The van der Waals surface area contributed by atoms with Crippen LogP contribution in [0.15, 0.2) is 23.6 Å². The molecule has 0 fully saturated rings. The Balaban J connectivity index is 2.71. The zero-order valence-corrected chi connectivity index (χ0v) is 10.6. The van der Waals surface area contributed by atoms with Gasteiger partial charge in [-0.15, -0.1) is 11.3 Å². The van der Waals surface area contributed by atoms with Crippen LogP contribution in [0.2, 0.25) is 0 Å². The van der Waals surface area contributed by atoms with Crippen LogP contribution in [0.4, 0.5) is 0 Å². The monoisotopic (exact) mass is 253 g/mol. The molecule has 5 heteroatoms. The number of carbonyl (C=O) groups excluding carboxylic acids is 1. The average molecular weight is 253 g/mol. The molecule has 0 radical (unpaired) electrons. The van der Waals surface area contributed by atoms with Crippen molar-refractivity contribution in [1.29, 1.82) is 0 Å². The summed E-state index contributed by atoms with van der Waals surface area (Å²) in [5.41, 5.74) is 0.864. The number of amides is 1. The first-order chi connectivity index (χ1) is 8.06. The molecule has 17 heavy (non-hydrogen) atoms. The third-order valence-electron chi connectivity index (χ3n) is 2.28. The van der Waals surface area contributed by atoms with Gasteiger partial charge in [0.25, 0.3) is 5.91 Å². The molecule has 0 saturated heterocycles. The lowest BCUT2D eigenvalue weighted by atomic mass is 10.2. The van der Waals surface area contributed by atoms with Crippen molar-refractivity contribution in [2.75, 3.05) is 0 Å². The number of carbonyl (C=O) groups is 2. The molecule has 0 aliphatic rings. The fourth-order valence-corrected chi connectivity index (χ4v) is 2.15. The van der Waals surface area contributed by atoms with Crippen LogP contribution in [-0.4, -0.2) is 23.0 Å². The van der Waals surface area contributed by atoms with Crippen LogP contribution >= 0.6 is 11.3 Å². The fourth-order valence-electron chi connectivity index (χ4n) is 1.32. The topological polar surface area (TPSA) is 66.4 Å². The summed E-state index contributed by atoms with van der Waals surface area (Å²) in [5, 5.41) is 13.3. The number of aryl methyl sites for hydroxylation is 1. The molecule has 1 aromatic rings. The standard InChI is InChI=1S/C12H15NO3S/c1-3-4-5-9(12(15)16)13-11(14)10-8(2)6-7-17-10/h3-4,6-7,9H,5H2,1-2H3,(H,13,14)(H,15,16)/b4-3+. The summed E-state index contributed by atoms with van der Waals surface area (Å²) in [7, 11) is 0. The van der Waals surface area contributed by atoms with E-state index in [0.29, 0.717) is 11.3 Å². The highest BCUT2D eigenvalue weighted by atomic mass is 32.1. The molecule has 0 spiro atoms.